The molecule has 0 spiro atoms. The molecule has 0 bridgehead atoms. The number of methoxy groups -OCH3 is 1. The minimum Gasteiger partial charge on any atom is -0.496 e. The summed E-state index contributed by atoms with van der Waals surface area (Å²) in [6.45, 7) is 1.68. The van der Waals surface area contributed by atoms with Crippen LogP contribution in [0.3, 0.4) is 0 Å². The summed E-state index contributed by atoms with van der Waals surface area (Å²) >= 11 is 0. The molecule has 0 unspecified atom stereocenters. The molecule has 1 aromatic heterocycles. The van der Waals surface area contributed by atoms with E-state index in [9.17, 15) is 13.0 Å². The second-order valence-electron chi connectivity index (χ2n) is 7.73. The number of aromatic nitrogens is 1. The van der Waals surface area contributed by atoms with E-state index in [4.69, 9.17) is 13.8 Å². The Balaban J connectivity index is 1.88. The van der Waals surface area contributed by atoms with Gasteiger partial charge in [-0.3, -0.25) is 0 Å². The van der Waals surface area contributed by atoms with Gasteiger partial charge in [0, 0.05) is 11.3 Å². The van der Waals surface area contributed by atoms with Gasteiger partial charge in [-0.1, -0.05) is 60.7 Å². The fourth-order valence-electron chi connectivity index (χ4n) is 3.45. The van der Waals surface area contributed by atoms with Crippen LogP contribution in [-0.2, 0) is 14.6 Å². The summed E-state index contributed by atoms with van der Waals surface area (Å²) in [5, 5.41) is -0.228. The van der Waals surface area contributed by atoms with E-state index >= 15 is 0 Å². The van der Waals surface area contributed by atoms with Crippen LogP contribution in [0.1, 0.15) is 17.0 Å². The first-order valence-corrected chi connectivity index (χ1v) is 14.1. The van der Waals surface area contributed by atoms with Crippen LogP contribution in [0, 0.1) is 6.92 Å². The van der Waals surface area contributed by atoms with Crippen molar-refractivity contribution in [3.05, 3.63) is 114 Å². The Morgan fingerprint density at radius 2 is 1.33 bits per heavy atom. The lowest BCUT2D eigenvalue weighted by molar-refractivity contribution is 0.362. The zero-order valence-electron chi connectivity index (χ0n) is 19.6. The summed E-state index contributed by atoms with van der Waals surface area (Å²) in [6, 6.07) is 28.1. The number of sulfonamides is 1. The number of nitrogens with one attached hydrogen (secondary N) is 1. The maximum atomic E-state index is 14.6. The first kappa shape index (κ1) is 25.4. The quantitative estimate of drug-likeness (QED) is 0.264. The van der Waals surface area contributed by atoms with Gasteiger partial charge in [0.05, 0.1) is 7.11 Å². The molecule has 0 amide bonds. The van der Waals surface area contributed by atoms with E-state index in [-0.39, 0.29) is 22.1 Å². The first-order valence-electron chi connectivity index (χ1n) is 11.0. The molecule has 0 saturated carbocycles. The number of pyridine rings is 1. The van der Waals surface area contributed by atoms with E-state index in [0.29, 0.717) is 11.4 Å². The van der Waals surface area contributed by atoms with Crippen LogP contribution in [0.15, 0.2) is 108 Å². The molecule has 36 heavy (non-hydrogen) atoms. The van der Waals surface area contributed by atoms with Crippen molar-refractivity contribution in [2.45, 2.75) is 17.7 Å². The third kappa shape index (κ3) is 5.94. The van der Waals surface area contributed by atoms with Gasteiger partial charge in [-0.15, -0.1) is 0 Å². The number of hydrogen-bond acceptors (Lipinski definition) is 7. The zero-order chi connectivity index (χ0) is 25.6. The number of para-hydroxylation sites is 3. The van der Waals surface area contributed by atoms with Crippen LogP contribution >= 0.6 is 7.60 Å². The predicted octanol–water partition coefficient (Wildman–Crippen LogP) is 5.73. The van der Waals surface area contributed by atoms with Crippen molar-refractivity contribution in [2.75, 3.05) is 7.11 Å². The number of hydrogen-bond donors (Lipinski definition) is 1. The van der Waals surface area contributed by atoms with Crippen LogP contribution in [0.25, 0.3) is 0 Å². The molecule has 4 aromatic rings. The smallest absolute Gasteiger partial charge is 0.453 e. The topological polar surface area (TPSA) is 104 Å². The number of rotatable bonds is 10. The number of ether oxygens (including phenoxy) is 1. The first-order chi connectivity index (χ1) is 17.3. The standard InChI is InChI=1S/C26H25N2O6PS/c1-20-12-11-19-25(27-20)36(30,31)28-26(23-17-9-10-18-24(23)32-2)35(29,33-21-13-5-3-6-14-21)34-22-15-7-4-8-16-22/h3-19,26,28H,1-2H3/t26-/m0/s1. The molecule has 8 nitrogen and oxygen atoms in total. The van der Waals surface area contributed by atoms with Crippen molar-refractivity contribution < 1.29 is 26.8 Å². The van der Waals surface area contributed by atoms with Gasteiger partial charge >= 0.3 is 7.60 Å². The Kier molecular flexibility index (Phi) is 7.74. The number of nitrogens with zero attached hydrogens (tertiary/aromatic N) is 1. The van der Waals surface area contributed by atoms with E-state index in [2.05, 4.69) is 9.71 Å². The highest BCUT2D eigenvalue weighted by Crippen LogP contribution is 2.60. The molecule has 1 heterocycles. The van der Waals surface area contributed by atoms with Crippen LogP contribution < -0.4 is 18.5 Å². The van der Waals surface area contributed by atoms with Crippen molar-refractivity contribution in [3.63, 3.8) is 0 Å². The SMILES string of the molecule is COc1ccccc1[C@@H](NS(=O)(=O)c1cccc(C)n1)P(=O)(Oc1ccccc1)Oc1ccccc1. The summed E-state index contributed by atoms with van der Waals surface area (Å²) in [4.78, 5) is 4.13. The summed E-state index contributed by atoms with van der Waals surface area (Å²) in [5.41, 5.74) is 0.780. The Hall–Kier alpha value is -3.65. The molecule has 10 heteroatoms. The third-order valence-corrected chi connectivity index (χ3v) is 8.58. The van der Waals surface area contributed by atoms with Gasteiger partial charge in [0.15, 0.2) is 10.8 Å². The maximum absolute atomic E-state index is 14.6. The highest BCUT2D eigenvalue weighted by atomic mass is 32.2. The summed E-state index contributed by atoms with van der Waals surface area (Å²) in [6.07, 6.45) is 0. The molecule has 0 saturated heterocycles. The van der Waals surface area contributed by atoms with Crippen molar-refractivity contribution in [1.82, 2.24) is 9.71 Å². The molecule has 186 valence electrons. The fourth-order valence-corrected chi connectivity index (χ4v) is 7.08. The van der Waals surface area contributed by atoms with Gasteiger partial charge in [0.25, 0.3) is 10.0 Å². The fraction of sp³-hybridized carbons (Fsp3) is 0.115. The molecule has 4 rings (SSSR count). The summed E-state index contributed by atoms with van der Waals surface area (Å²) < 4.78 is 61.5. The molecule has 0 radical (unpaired) electrons. The molecule has 3 aromatic carbocycles. The Labute approximate surface area is 210 Å². The predicted molar refractivity (Wildman–Crippen MR) is 137 cm³/mol. The van der Waals surface area contributed by atoms with Gasteiger partial charge in [0.1, 0.15) is 17.2 Å². The van der Waals surface area contributed by atoms with Gasteiger partial charge in [-0.25, -0.2) is 18.0 Å². The van der Waals surface area contributed by atoms with Gasteiger partial charge in [0.2, 0.25) is 0 Å². The third-order valence-electron chi connectivity index (χ3n) is 5.11. The molecule has 0 aliphatic heterocycles. The van der Waals surface area contributed by atoms with E-state index in [1.165, 1.54) is 13.2 Å². The molecular weight excluding hydrogens is 499 g/mol. The molecule has 1 N–H and O–H groups in total. The van der Waals surface area contributed by atoms with Gasteiger partial charge in [-0.05, 0) is 49.4 Å². The number of aryl methyl sites for hydroxylation is 1. The Morgan fingerprint density at radius 3 is 1.89 bits per heavy atom. The van der Waals surface area contributed by atoms with E-state index in [1.54, 1.807) is 104 Å². The second kappa shape index (κ2) is 11.0. The van der Waals surface area contributed by atoms with Crippen LogP contribution in [0.2, 0.25) is 0 Å². The van der Waals surface area contributed by atoms with E-state index in [1.807, 2.05) is 0 Å². The molecule has 1 atom stereocenters. The van der Waals surface area contributed by atoms with Gasteiger partial charge < -0.3 is 13.8 Å². The highest BCUT2D eigenvalue weighted by molar-refractivity contribution is 7.89. The minimum atomic E-state index is -4.36. The number of benzene rings is 3. The molecule has 0 aliphatic rings. The largest absolute Gasteiger partial charge is 0.496 e. The van der Waals surface area contributed by atoms with Crippen molar-refractivity contribution in [3.8, 4) is 17.2 Å². The normalized spacial score (nSPS) is 12.5. The lowest BCUT2D eigenvalue weighted by atomic mass is 10.2. The molecule has 0 aliphatic carbocycles. The minimum absolute atomic E-state index is 0.228. The lowest BCUT2D eigenvalue weighted by Crippen LogP contribution is -2.32. The van der Waals surface area contributed by atoms with Gasteiger partial charge in [-0.2, -0.15) is 4.72 Å². The Morgan fingerprint density at radius 1 is 0.778 bits per heavy atom. The molecular formula is C26H25N2O6PS. The molecule has 0 fully saturated rings. The van der Waals surface area contributed by atoms with Crippen LogP contribution in [-0.4, -0.2) is 20.5 Å². The van der Waals surface area contributed by atoms with Crippen molar-refractivity contribution >= 4 is 17.6 Å². The second-order valence-corrected chi connectivity index (χ2v) is 11.4. The average molecular weight is 525 g/mol. The Bertz CT molecular complexity index is 1420. The van der Waals surface area contributed by atoms with Crippen LogP contribution in [0.4, 0.5) is 0 Å². The summed E-state index contributed by atoms with van der Waals surface area (Å²) in [5.74, 6) is -0.702. The van der Waals surface area contributed by atoms with E-state index < -0.39 is 23.4 Å². The lowest BCUT2D eigenvalue weighted by Gasteiger charge is -2.29. The van der Waals surface area contributed by atoms with E-state index in [0.717, 1.165) is 0 Å². The van der Waals surface area contributed by atoms with Crippen molar-refractivity contribution in [1.29, 1.82) is 0 Å². The van der Waals surface area contributed by atoms with Crippen molar-refractivity contribution in [2.24, 2.45) is 0 Å². The highest BCUT2D eigenvalue weighted by Gasteiger charge is 2.45. The maximum Gasteiger partial charge on any atom is 0.453 e. The summed E-state index contributed by atoms with van der Waals surface area (Å²) in [7, 11) is -7.20. The van der Waals surface area contributed by atoms with Crippen LogP contribution in [0.5, 0.6) is 17.2 Å². The monoisotopic (exact) mass is 524 g/mol. The zero-order valence-corrected chi connectivity index (χ0v) is 21.4. The average Bonchev–Trinajstić information content (AvgIpc) is 2.88.